The van der Waals surface area contributed by atoms with Crippen LogP contribution in [0.1, 0.15) is 36.0 Å². The van der Waals surface area contributed by atoms with Gasteiger partial charge in [-0.2, -0.15) is 8.78 Å². The van der Waals surface area contributed by atoms with Crippen molar-refractivity contribution in [3.8, 4) is 5.75 Å². The molecule has 172 valence electrons. The number of benzene rings is 1. The molecule has 1 heterocycles. The zero-order chi connectivity index (χ0) is 22.8. The van der Waals surface area contributed by atoms with Crippen LogP contribution in [0.4, 0.5) is 8.78 Å². The summed E-state index contributed by atoms with van der Waals surface area (Å²) < 4.78 is 33.7. The molecule has 2 aliphatic rings. The van der Waals surface area contributed by atoms with Gasteiger partial charge in [0.05, 0.1) is 25.4 Å². The number of carbonyl (C=O) groups excluding carboxylic acids is 2. The number of amides is 2. The van der Waals surface area contributed by atoms with Crippen molar-refractivity contribution in [2.45, 2.75) is 50.5 Å². The van der Waals surface area contributed by atoms with Gasteiger partial charge in [0.1, 0.15) is 5.75 Å². The van der Waals surface area contributed by atoms with Crippen molar-refractivity contribution in [1.82, 2.24) is 10.6 Å². The standard InChI is InChI=1S/C19H24F2N2O5.CH2O2/c20-19(21)28-14-7-3-12(4-8-14)17(25)22-13-5-1-11(2-6-13)18(26)23-15-9-27-10-16(15)24;2-1-3/h3-4,7-8,11,13,15-16,19,24H,1-2,5-6,9-10H2,(H,22,25)(H,23,26);1H,(H,2,3)/t11?,13?,15-,16-;/m0./s1. The second kappa shape index (κ2) is 12.2. The minimum atomic E-state index is -2.91. The molecule has 0 aromatic heterocycles. The zero-order valence-electron chi connectivity index (χ0n) is 16.7. The number of hydrogen-bond donors (Lipinski definition) is 4. The summed E-state index contributed by atoms with van der Waals surface area (Å²) in [5.74, 6) is -0.528. The van der Waals surface area contributed by atoms with Crippen LogP contribution in [-0.2, 0) is 14.3 Å². The number of carbonyl (C=O) groups is 3. The van der Waals surface area contributed by atoms with Crippen LogP contribution >= 0.6 is 0 Å². The lowest BCUT2D eigenvalue weighted by Gasteiger charge is -2.29. The Morgan fingerprint density at radius 1 is 1.10 bits per heavy atom. The highest BCUT2D eigenvalue weighted by Gasteiger charge is 2.32. The Balaban J connectivity index is 0.00000107. The smallest absolute Gasteiger partial charge is 0.387 e. The van der Waals surface area contributed by atoms with Crippen molar-refractivity contribution in [1.29, 1.82) is 0 Å². The maximum atomic E-state index is 12.3. The average Bonchev–Trinajstić information content (AvgIpc) is 3.13. The van der Waals surface area contributed by atoms with Crippen LogP contribution < -0.4 is 15.4 Å². The Bertz CT molecular complexity index is 725. The van der Waals surface area contributed by atoms with E-state index >= 15 is 0 Å². The quantitative estimate of drug-likeness (QED) is 0.484. The monoisotopic (exact) mass is 444 g/mol. The number of carboxylic acid groups (broad SMARTS) is 1. The fraction of sp³-hybridized carbons (Fsp3) is 0.550. The number of nitrogens with one attached hydrogen (secondary N) is 2. The van der Waals surface area contributed by atoms with Crippen LogP contribution in [0.15, 0.2) is 24.3 Å². The second-order valence-electron chi connectivity index (χ2n) is 7.25. The Hall–Kier alpha value is -2.79. The predicted octanol–water partition coefficient (Wildman–Crippen LogP) is 1.15. The predicted molar refractivity (Wildman–Crippen MR) is 104 cm³/mol. The molecule has 1 aliphatic heterocycles. The molecule has 0 spiro atoms. The van der Waals surface area contributed by atoms with Crippen LogP contribution in [0.5, 0.6) is 5.75 Å². The first kappa shape index (κ1) is 24.5. The summed E-state index contributed by atoms with van der Waals surface area (Å²) in [6, 6.07) is 5.10. The van der Waals surface area contributed by atoms with Gasteiger partial charge in [-0.3, -0.25) is 14.4 Å². The summed E-state index contributed by atoms with van der Waals surface area (Å²) in [5, 5.41) is 22.3. The van der Waals surface area contributed by atoms with Crippen molar-refractivity contribution in [3.05, 3.63) is 29.8 Å². The van der Waals surface area contributed by atoms with Gasteiger partial charge in [-0.1, -0.05) is 0 Å². The molecule has 2 atom stereocenters. The van der Waals surface area contributed by atoms with E-state index < -0.39 is 12.7 Å². The highest BCUT2D eigenvalue weighted by molar-refractivity contribution is 5.94. The minimum absolute atomic E-state index is 0.00384. The van der Waals surface area contributed by atoms with Gasteiger partial charge in [-0.25, -0.2) is 0 Å². The number of hydrogen-bond acceptors (Lipinski definition) is 6. The van der Waals surface area contributed by atoms with Gasteiger partial charge in [0, 0.05) is 17.5 Å². The molecule has 3 rings (SSSR count). The van der Waals surface area contributed by atoms with E-state index in [4.69, 9.17) is 14.6 Å². The van der Waals surface area contributed by atoms with Gasteiger partial charge in [-0.05, 0) is 49.9 Å². The topological polar surface area (TPSA) is 134 Å². The average molecular weight is 444 g/mol. The molecule has 0 bridgehead atoms. The molecule has 9 nitrogen and oxygen atoms in total. The molecule has 0 radical (unpaired) electrons. The SMILES string of the molecule is O=C(NC1CCC(C(=O)N[C@H]2COC[C@@H]2O)CC1)c1ccc(OC(F)F)cc1.O=CO. The van der Waals surface area contributed by atoms with Crippen LogP contribution in [-0.4, -0.2) is 66.5 Å². The summed E-state index contributed by atoms with van der Waals surface area (Å²) >= 11 is 0. The maximum Gasteiger partial charge on any atom is 0.387 e. The third kappa shape index (κ3) is 7.76. The Morgan fingerprint density at radius 3 is 2.23 bits per heavy atom. The number of aliphatic hydroxyl groups is 1. The van der Waals surface area contributed by atoms with Crippen molar-refractivity contribution in [2.75, 3.05) is 13.2 Å². The first-order valence-corrected chi connectivity index (χ1v) is 9.83. The lowest BCUT2D eigenvalue weighted by molar-refractivity contribution is -0.127. The maximum absolute atomic E-state index is 12.3. The summed E-state index contributed by atoms with van der Waals surface area (Å²) in [5.41, 5.74) is 0.358. The highest BCUT2D eigenvalue weighted by atomic mass is 19.3. The molecule has 11 heteroatoms. The molecule has 1 aromatic rings. The summed E-state index contributed by atoms with van der Waals surface area (Å²) in [7, 11) is 0. The van der Waals surface area contributed by atoms with E-state index in [9.17, 15) is 23.5 Å². The van der Waals surface area contributed by atoms with Crippen LogP contribution in [0.2, 0.25) is 0 Å². The Kier molecular flexibility index (Phi) is 9.60. The number of ether oxygens (including phenoxy) is 2. The lowest BCUT2D eigenvalue weighted by Crippen LogP contribution is -2.47. The number of halogens is 2. The molecule has 4 N–H and O–H groups in total. The summed E-state index contributed by atoms with van der Waals surface area (Å²) in [6.07, 6.45) is 1.95. The minimum Gasteiger partial charge on any atom is -0.483 e. The fourth-order valence-corrected chi connectivity index (χ4v) is 3.54. The molecule has 2 fully saturated rings. The zero-order valence-corrected chi connectivity index (χ0v) is 16.7. The lowest BCUT2D eigenvalue weighted by atomic mass is 9.85. The van der Waals surface area contributed by atoms with Gasteiger partial charge in [-0.15, -0.1) is 0 Å². The first-order valence-electron chi connectivity index (χ1n) is 9.83. The number of rotatable bonds is 6. The number of aliphatic hydroxyl groups excluding tert-OH is 1. The molecule has 2 amide bonds. The van der Waals surface area contributed by atoms with Crippen molar-refractivity contribution < 1.29 is 42.9 Å². The van der Waals surface area contributed by atoms with Crippen LogP contribution in [0.25, 0.3) is 0 Å². The van der Waals surface area contributed by atoms with Gasteiger partial charge in [0.2, 0.25) is 5.91 Å². The molecular formula is C20H26F2N2O7. The molecule has 1 saturated heterocycles. The van der Waals surface area contributed by atoms with E-state index in [-0.39, 0.29) is 48.6 Å². The Morgan fingerprint density at radius 2 is 1.71 bits per heavy atom. The molecule has 1 saturated carbocycles. The third-order valence-corrected chi connectivity index (χ3v) is 5.15. The summed E-state index contributed by atoms with van der Waals surface area (Å²) in [4.78, 5) is 33.0. The largest absolute Gasteiger partial charge is 0.483 e. The van der Waals surface area contributed by atoms with E-state index in [0.717, 1.165) is 0 Å². The second-order valence-corrected chi connectivity index (χ2v) is 7.25. The molecule has 0 unspecified atom stereocenters. The normalized spacial score (nSPS) is 25.2. The van der Waals surface area contributed by atoms with E-state index in [1.54, 1.807) is 0 Å². The van der Waals surface area contributed by atoms with Crippen LogP contribution in [0.3, 0.4) is 0 Å². The third-order valence-electron chi connectivity index (χ3n) is 5.15. The van der Waals surface area contributed by atoms with Gasteiger partial charge in [0.25, 0.3) is 12.4 Å². The molecule has 1 aromatic carbocycles. The van der Waals surface area contributed by atoms with Gasteiger partial charge >= 0.3 is 6.61 Å². The fourth-order valence-electron chi connectivity index (χ4n) is 3.54. The summed E-state index contributed by atoms with van der Waals surface area (Å²) in [6.45, 7) is -2.60. The molecule has 31 heavy (non-hydrogen) atoms. The molecular weight excluding hydrogens is 418 g/mol. The molecule has 1 aliphatic carbocycles. The van der Waals surface area contributed by atoms with E-state index in [0.29, 0.717) is 37.9 Å². The van der Waals surface area contributed by atoms with Crippen molar-refractivity contribution in [3.63, 3.8) is 0 Å². The van der Waals surface area contributed by atoms with E-state index in [2.05, 4.69) is 15.4 Å². The Labute approximate surface area is 177 Å². The van der Waals surface area contributed by atoms with Gasteiger partial charge < -0.3 is 30.3 Å². The van der Waals surface area contributed by atoms with Crippen molar-refractivity contribution >= 4 is 18.3 Å². The van der Waals surface area contributed by atoms with E-state index in [1.165, 1.54) is 24.3 Å². The van der Waals surface area contributed by atoms with Gasteiger partial charge in [0.15, 0.2) is 0 Å². The first-order chi connectivity index (χ1) is 14.8. The van der Waals surface area contributed by atoms with Crippen LogP contribution in [0, 0.1) is 5.92 Å². The van der Waals surface area contributed by atoms with E-state index in [1.807, 2.05) is 0 Å². The van der Waals surface area contributed by atoms with Crippen molar-refractivity contribution in [2.24, 2.45) is 5.92 Å². The number of alkyl halides is 2. The highest BCUT2D eigenvalue weighted by Crippen LogP contribution is 2.25.